The van der Waals surface area contributed by atoms with Crippen LogP contribution in [0.4, 0.5) is 0 Å². The molecule has 112 valence electrons. The number of carbonyl (C=O) groups is 1. The van der Waals surface area contributed by atoms with Crippen molar-refractivity contribution < 1.29 is 21.6 Å². The van der Waals surface area contributed by atoms with E-state index >= 15 is 0 Å². The minimum absolute atomic E-state index is 0.0451. The maximum Gasteiger partial charge on any atom is 0.266 e. The first-order valence-electron chi connectivity index (χ1n) is 5.47. The van der Waals surface area contributed by atoms with Crippen LogP contribution in [-0.2, 0) is 24.7 Å². The summed E-state index contributed by atoms with van der Waals surface area (Å²) in [7, 11) is -7.02. The number of amides is 1. The van der Waals surface area contributed by atoms with Gasteiger partial charge in [0.25, 0.3) is 10.0 Å². The van der Waals surface area contributed by atoms with Gasteiger partial charge in [0.2, 0.25) is 5.91 Å². The zero-order valence-electron chi connectivity index (χ0n) is 10.00. The van der Waals surface area contributed by atoms with Crippen LogP contribution in [0.2, 0.25) is 0 Å². The molecule has 2 N–H and O–H groups in total. The third-order valence-electron chi connectivity index (χ3n) is 2.73. The summed E-state index contributed by atoms with van der Waals surface area (Å²) in [5.74, 6) is -1.64. The zero-order valence-corrected chi connectivity index (χ0v) is 14.0. The van der Waals surface area contributed by atoms with Crippen LogP contribution in [0.15, 0.2) is 20.1 Å². The molecular formula is C9H11BrN2O5S3. The Labute approximate surface area is 128 Å². The summed E-state index contributed by atoms with van der Waals surface area (Å²) in [6.45, 7) is 0. The van der Waals surface area contributed by atoms with E-state index in [9.17, 15) is 21.6 Å². The number of rotatable bonds is 4. The summed E-state index contributed by atoms with van der Waals surface area (Å²) in [6, 6.07) is 2.97. The van der Waals surface area contributed by atoms with Gasteiger partial charge in [0.05, 0.1) is 21.2 Å². The highest BCUT2D eigenvalue weighted by atomic mass is 79.9. The van der Waals surface area contributed by atoms with Gasteiger partial charge in [-0.2, -0.15) is 0 Å². The lowest BCUT2D eigenvalue weighted by Gasteiger charge is -2.10. The summed E-state index contributed by atoms with van der Waals surface area (Å²) in [6.07, 6.45) is 0.209. The molecule has 1 fully saturated rings. The van der Waals surface area contributed by atoms with Crippen LogP contribution in [-0.4, -0.2) is 34.2 Å². The van der Waals surface area contributed by atoms with Gasteiger partial charge in [-0.1, -0.05) is 0 Å². The molecule has 0 saturated carbocycles. The molecule has 1 saturated heterocycles. The fourth-order valence-corrected chi connectivity index (χ4v) is 6.31. The molecule has 11 heteroatoms. The highest BCUT2D eigenvalue weighted by Crippen LogP contribution is 2.25. The van der Waals surface area contributed by atoms with Crippen molar-refractivity contribution >= 4 is 53.0 Å². The number of hydrogen-bond donors (Lipinski definition) is 2. The van der Waals surface area contributed by atoms with Crippen molar-refractivity contribution in [3.8, 4) is 0 Å². The second-order valence-electron chi connectivity index (χ2n) is 4.25. The summed E-state index contributed by atoms with van der Waals surface area (Å²) < 4.78 is 46.9. The standard InChI is InChI=1S/C9H11BrN2O5S3/c10-7-1-2-8(18-7)20(16,17)12-11-9(13)6-3-4-19(14,15)5-6/h1-2,6,12H,3-5H2,(H,11,13)/t6-/m0/s1. The number of thiophene rings is 1. The van der Waals surface area contributed by atoms with E-state index in [0.717, 1.165) is 11.3 Å². The van der Waals surface area contributed by atoms with Crippen molar-refractivity contribution in [1.29, 1.82) is 0 Å². The van der Waals surface area contributed by atoms with Crippen LogP contribution in [0.3, 0.4) is 0 Å². The van der Waals surface area contributed by atoms with Crippen molar-refractivity contribution in [1.82, 2.24) is 10.3 Å². The molecule has 1 aliphatic rings. The molecule has 0 spiro atoms. The second-order valence-corrected chi connectivity index (χ2v) is 10.9. The van der Waals surface area contributed by atoms with Gasteiger partial charge in [0.15, 0.2) is 9.84 Å². The van der Waals surface area contributed by atoms with Crippen molar-refractivity contribution in [2.75, 3.05) is 11.5 Å². The molecule has 1 aliphatic heterocycles. The molecular weight excluding hydrogens is 392 g/mol. The molecule has 2 heterocycles. The fourth-order valence-electron chi connectivity index (χ4n) is 1.71. The number of hydrogen-bond acceptors (Lipinski definition) is 6. The van der Waals surface area contributed by atoms with Crippen molar-refractivity contribution in [3.63, 3.8) is 0 Å². The van der Waals surface area contributed by atoms with E-state index in [-0.39, 0.29) is 22.1 Å². The molecule has 2 rings (SSSR count). The average Bonchev–Trinajstić information content (AvgIpc) is 2.92. The number of sulfone groups is 1. The van der Waals surface area contributed by atoms with Gasteiger partial charge in [-0.25, -0.2) is 16.8 Å². The zero-order chi connectivity index (χ0) is 15.0. The van der Waals surface area contributed by atoms with Gasteiger partial charge in [-0.15, -0.1) is 16.2 Å². The third-order valence-corrected chi connectivity index (χ3v) is 7.86. The van der Waals surface area contributed by atoms with Crippen LogP contribution in [0, 0.1) is 5.92 Å². The summed E-state index contributed by atoms with van der Waals surface area (Å²) in [4.78, 5) is 13.7. The number of nitrogens with one attached hydrogen (secondary N) is 2. The van der Waals surface area contributed by atoms with Crippen LogP contribution in [0.5, 0.6) is 0 Å². The van der Waals surface area contributed by atoms with Crippen LogP contribution < -0.4 is 10.3 Å². The Bertz CT molecular complexity index is 725. The van der Waals surface area contributed by atoms with E-state index in [1.165, 1.54) is 6.07 Å². The van der Waals surface area contributed by atoms with E-state index in [1.807, 2.05) is 4.83 Å². The predicted molar refractivity (Wildman–Crippen MR) is 77.2 cm³/mol. The number of hydrazine groups is 1. The van der Waals surface area contributed by atoms with E-state index in [4.69, 9.17) is 0 Å². The van der Waals surface area contributed by atoms with Crippen LogP contribution in [0.1, 0.15) is 6.42 Å². The van der Waals surface area contributed by atoms with Gasteiger partial charge >= 0.3 is 0 Å². The predicted octanol–water partition coefficient (Wildman–Crippen LogP) is 0.255. The minimum atomic E-state index is -3.84. The Balaban J connectivity index is 1.97. The van der Waals surface area contributed by atoms with Gasteiger partial charge < -0.3 is 0 Å². The molecule has 0 bridgehead atoms. The van der Waals surface area contributed by atoms with Crippen LogP contribution in [0.25, 0.3) is 0 Å². The third kappa shape index (κ3) is 3.79. The lowest BCUT2D eigenvalue weighted by molar-refractivity contribution is -0.124. The lowest BCUT2D eigenvalue weighted by atomic mass is 10.1. The molecule has 0 unspecified atom stereocenters. The summed E-state index contributed by atoms with van der Waals surface area (Å²) in [5.41, 5.74) is 2.06. The van der Waals surface area contributed by atoms with Crippen molar-refractivity contribution in [3.05, 3.63) is 15.9 Å². The average molecular weight is 403 g/mol. The van der Waals surface area contributed by atoms with Gasteiger partial charge in [0.1, 0.15) is 4.21 Å². The Hall–Kier alpha value is -0.490. The fraction of sp³-hybridized carbons (Fsp3) is 0.444. The molecule has 20 heavy (non-hydrogen) atoms. The maximum absolute atomic E-state index is 11.8. The largest absolute Gasteiger partial charge is 0.277 e. The Morgan fingerprint density at radius 3 is 2.60 bits per heavy atom. The molecule has 0 aliphatic carbocycles. The van der Waals surface area contributed by atoms with E-state index in [0.29, 0.717) is 3.79 Å². The minimum Gasteiger partial charge on any atom is -0.277 e. The quantitative estimate of drug-likeness (QED) is 0.701. The molecule has 0 aromatic carbocycles. The first-order valence-corrected chi connectivity index (χ1v) is 10.4. The molecule has 1 atom stereocenters. The second kappa shape index (κ2) is 5.72. The number of halogens is 1. The van der Waals surface area contributed by atoms with Gasteiger partial charge in [-0.05, 0) is 34.5 Å². The first kappa shape index (κ1) is 15.9. The van der Waals surface area contributed by atoms with Gasteiger partial charge in [-0.3, -0.25) is 10.2 Å². The van der Waals surface area contributed by atoms with E-state index in [1.54, 1.807) is 6.07 Å². The highest BCUT2D eigenvalue weighted by Gasteiger charge is 2.33. The SMILES string of the molecule is O=C(NNS(=O)(=O)c1ccc(Br)s1)[C@H]1CCS(=O)(=O)C1. The monoisotopic (exact) mass is 402 g/mol. The highest BCUT2D eigenvalue weighted by molar-refractivity contribution is 9.11. The Morgan fingerprint density at radius 2 is 2.10 bits per heavy atom. The number of sulfonamides is 1. The first-order chi connectivity index (χ1) is 9.20. The smallest absolute Gasteiger partial charge is 0.266 e. The lowest BCUT2D eigenvalue weighted by Crippen LogP contribution is -2.44. The number of carbonyl (C=O) groups excluding carboxylic acids is 1. The summed E-state index contributed by atoms with van der Waals surface area (Å²) in [5, 5.41) is 0. The van der Waals surface area contributed by atoms with E-state index in [2.05, 4.69) is 21.4 Å². The van der Waals surface area contributed by atoms with Gasteiger partial charge in [0, 0.05) is 0 Å². The molecule has 1 aromatic heterocycles. The van der Waals surface area contributed by atoms with Crippen molar-refractivity contribution in [2.24, 2.45) is 5.92 Å². The normalized spacial score (nSPS) is 21.8. The van der Waals surface area contributed by atoms with E-state index < -0.39 is 31.7 Å². The van der Waals surface area contributed by atoms with Crippen molar-refractivity contribution in [2.45, 2.75) is 10.6 Å². The topological polar surface area (TPSA) is 109 Å². The Kier molecular flexibility index (Phi) is 4.54. The molecule has 1 aromatic rings. The molecule has 1 amide bonds. The summed E-state index contributed by atoms with van der Waals surface area (Å²) >= 11 is 4.14. The maximum atomic E-state index is 11.8. The molecule has 7 nitrogen and oxygen atoms in total. The Morgan fingerprint density at radius 1 is 1.40 bits per heavy atom. The molecule has 0 radical (unpaired) electrons. The van der Waals surface area contributed by atoms with Crippen LogP contribution >= 0.6 is 27.3 Å².